The quantitative estimate of drug-likeness (QED) is 0.558. The van der Waals surface area contributed by atoms with Gasteiger partial charge in [0.25, 0.3) is 5.91 Å². The van der Waals surface area contributed by atoms with Crippen molar-refractivity contribution in [2.45, 2.75) is 6.54 Å². The van der Waals surface area contributed by atoms with Crippen molar-refractivity contribution < 1.29 is 13.9 Å². The van der Waals surface area contributed by atoms with Crippen molar-refractivity contribution >= 4 is 23.2 Å². The van der Waals surface area contributed by atoms with Crippen LogP contribution in [-0.4, -0.2) is 17.6 Å². The van der Waals surface area contributed by atoms with Gasteiger partial charge in [0, 0.05) is 6.54 Å². The Bertz CT molecular complexity index is 790. The van der Waals surface area contributed by atoms with Gasteiger partial charge in [-0.25, -0.2) is 4.39 Å². The third-order valence-electron chi connectivity index (χ3n) is 3.05. The standard InChI is InChI=1S/C17H15FN4O2S/c18-14-7-5-12(6-8-14)10-20-17(25)22-21-16(23)11-24-15-4-2-1-3-13(15)9-19/h1-8H,10-11H2,(H,21,23)(H2,20,22,25). The molecule has 0 fully saturated rings. The lowest BCUT2D eigenvalue weighted by Crippen LogP contribution is -2.48. The fourth-order valence-electron chi connectivity index (χ4n) is 1.82. The second kappa shape index (κ2) is 9.20. The molecule has 6 nitrogen and oxygen atoms in total. The maximum Gasteiger partial charge on any atom is 0.276 e. The van der Waals surface area contributed by atoms with Gasteiger partial charge in [0.15, 0.2) is 11.7 Å². The van der Waals surface area contributed by atoms with Gasteiger partial charge in [-0.15, -0.1) is 0 Å². The Labute approximate surface area is 149 Å². The van der Waals surface area contributed by atoms with Gasteiger partial charge in [0.1, 0.15) is 17.6 Å². The van der Waals surface area contributed by atoms with Crippen molar-refractivity contribution in [1.29, 1.82) is 5.26 Å². The van der Waals surface area contributed by atoms with E-state index in [1.807, 2.05) is 6.07 Å². The number of ether oxygens (including phenoxy) is 1. The molecule has 0 aliphatic heterocycles. The largest absolute Gasteiger partial charge is 0.482 e. The van der Waals surface area contributed by atoms with Crippen molar-refractivity contribution in [3.05, 3.63) is 65.5 Å². The molecule has 1 amide bonds. The molecule has 0 unspecified atom stereocenters. The van der Waals surface area contributed by atoms with Crippen molar-refractivity contribution in [3.8, 4) is 11.8 Å². The summed E-state index contributed by atoms with van der Waals surface area (Å²) in [6.07, 6.45) is 0. The molecule has 0 radical (unpaired) electrons. The van der Waals surface area contributed by atoms with E-state index in [0.717, 1.165) is 5.56 Å². The second-order valence-electron chi connectivity index (χ2n) is 4.88. The average Bonchev–Trinajstić information content (AvgIpc) is 2.64. The van der Waals surface area contributed by atoms with Crippen LogP contribution in [0.4, 0.5) is 4.39 Å². The van der Waals surface area contributed by atoms with Crippen LogP contribution in [0.1, 0.15) is 11.1 Å². The van der Waals surface area contributed by atoms with E-state index in [0.29, 0.717) is 17.9 Å². The fourth-order valence-corrected chi connectivity index (χ4v) is 1.94. The van der Waals surface area contributed by atoms with Crippen molar-refractivity contribution in [2.24, 2.45) is 0 Å². The van der Waals surface area contributed by atoms with Crippen LogP contribution >= 0.6 is 12.2 Å². The van der Waals surface area contributed by atoms with Gasteiger partial charge in [-0.2, -0.15) is 5.26 Å². The number of halogens is 1. The highest BCUT2D eigenvalue weighted by Gasteiger charge is 2.06. The molecule has 128 valence electrons. The number of hydrogen-bond donors (Lipinski definition) is 3. The summed E-state index contributed by atoms with van der Waals surface area (Å²) < 4.78 is 18.1. The zero-order chi connectivity index (χ0) is 18.1. The lowest BCUT2D eigenvalue weighted by Gasteiger charge is -2.12. The van der Waals surface area contributed by atoms with Gasteiger partial charge < -0.3 is 10.1 Å². The SMILES string of the molecule is N#Cc1ccccc1OCC(=O)NNC(=S)NCc1ccc(F)cc1. The first kappa shape index (κ1) is 18.2. The lowest BCUT2D eigenvalue weighted by molar-refractivity contribution is -0.123. The summed E-state index contributed by atoms with van der Waals surface area (Å²) in [6, 6.07) is 14.6. The van der Waals surface area contributed by atoms with Crippen LogP contribution in [0, 0.1) is 17.1 Å². The number of carbonyl (C=O) groups is 1. The molecule has 0 heterocycles. The van der Waals surface area contributed by atoms with Crippen molar-refractivity contribution in [2.75, 3.05) is 6.61 Å². The van der Waals surface area contributed by atoms with E-state index in [9.17, 15) is 9.18 Å². The van der Waals surface area contributed by atoms with E-state index in [2.05, 4.69) is 16.2 Å². The molecule has 3 N–H and O–H groups in total. The molecule has 2 rings (SSSR count). The number of carbonyl (C=O) groups excluding carboxylic acids is 1. The number of hydrogen-bond acceptors (Lipinski definition) is 4. The first-order valence-corrected chi connectivity index (χ1v) is 7.68. The number of thiocarbonyl (C=S) groups is 1. The first-order valence-electron chi connectivity index (χ1n) is 7.27. The van der Waals surface area contributed by atoms with Crippen LogP contribution in [0.2, 0.25) is 0 Å². The molecular formula is C17H15FN4O2S. The number of nitriles is 1. The maximum absolute atomic E-state index is 12.8. The molecule has 0 bridgehead atoms. The van der Waals surface area contributed by atoms with Gasteiger partial charge in [-0.1, -0.05) is 24.3 Å². The minimum atomic E-state index is -0.460. The summed E-state index contributed by atoms with van der Waals surface area (Å²) in [5.74, 6) is -0.439. The number of benzene rings is 2. The predicted octanol–water partition coefficient (Wildman–Crippen LogP) is 1.77. The van der Waals surface area contributed by atoms with E-state index in [1.54, 1.807) is 36.4 Å². The number of hydrazine groups is 1. The summed E-state index contributed by atoms with van der Waals surface area (Å²) in [5, 5.41) is 12.0. The minimum absolute atomic E-state index is 0.204. The van der Waals surface area contributed by atoms with Gasteiger partial charge in [0.05, 0.1) is 5.56 Å². The number of rotatable bonds is 5. The third kappa shape index (κ3) is 6.08. The Morgan fingerprint density at radius 1 is 1.16 bits per heavy atom. The van der Waals surface area contributed by atoms with Gasteiger partial charge in [0.2, 0.25) is 0 Å². The summed E-state index contributed by atoms with van der Waals surface area (Å²) in [7, 11) is 0. The van der Waals surface area contributed by atoms with Gasteiger partial charge >= 0.3 is 0 Å². The molecule has 2 aromatic rings. The third-order valence-corrected chi connectivity index (χ3v) is 3.29. The molecular weight excluding hydrogens is 343 g/mol. The van der Waals surface area contributed by atoms with Crippen LogP contribution in [0.5, 0.6) is 5.75 Å². The number of amides is 1. The summed E-state index contributed by atoms with van der Waals surface area (Å²) in [5.41, 5.74) is 6.09. The molecule has 0 atom stereocenters. The normalized spacial score (nSPS) is 9.60. The molecule has 0 aliphatic rings. The number of nitrogens with one attached hydrogen (secondary N) is 3. The van der Waals surface area contributed by atoms with Crippen LogP contribution in [0.3, 0.4) is 0 Å². The Morgan fingerprint density at radius 3 is 2.60 bits per heavy atom. The Morgan fingerprint density at radius 2 is 1.88 bits per heavy atom. The van der Waals surface area contributed by atoms with Gasteiger partial charge in [-0.3, -0.25) is 15.6 Å². The number of para-hydroxylation sites is 1. The molecule has 0 saturated carbocycles. The average molecular weight is 358 g/mol. The second-order valence-corrected chi connectivity index (χ2v) is 5.29. The highest BCUT2D eigenvalue weighted by atomic mass is 32.1. The van der Waals surface area contributed by atoms with Gasteiger partial charge in [-0.05, 0) is 42.0 Å². The van der Waals surface area contributed by atoms with Crippen molar-refractivity contribution in [3.63, 3.8) is 0 Å². The molecule has 0 aromatic heterocycles. The summed E-state index contributed by atoms with van der Waals surface area (Å²) >= 11 is 5.02. The Balaban J connectivity index is 1.69. The fraction of sp³-hybridized carbons (Fsp3) is 0.118. The molecule has 0 aliphatic carbocycles. The maximum atomic E-state index is 12.8. The predicted molar refractivity (Wildman–Crippen MR) is 93.8 cm³/mol. The highest BCUT2D eigenvalue weighted by molar-refractivity contribution is 7.80. The van der Waals surface area contributed by atoms with E-state index in [4.69, 9.17) is 22.2 Å². The Kier molecular flexibility index (Phi) is 6.68. The highest BCUT2D eigenvalue weighted by Crippen LogP contribution is 2.15. The molecule has 25 heavy (non-hydrogen) atoms. The van der Waals surface area contributed by atoms with Crippen LogP contribution < -0.4 is 20.9 Å². The minimum Gasteiger partial charge on any atom is -0.482 e. The topological polar surface area (TPSA) is 86.2 Å². The number of nitrogens with zero attached hydrogens (tertiary/aromatic N) is 1. The van der Waals surface area contributed by atoms with E-state index in [-0.39, 0.29) is 17.5 Å². The van der Waals surface area contributed by atoms with E-state index >= 15 is 0 Å². The monoisotopic (exact) mass is 358 g/mol. The smallest absolute Gasteiger partial charge is 0.276 e. The Hall–Kier alpha value is -3.18. The van der Waals surface area contributed by atoms with E-state index in [1.165, 1.54) is 12.1 Å². The van der Waals surface area contributed by atoms with E-state index < -0.39 is 5.91 Å². The zero-order valence-corrected chi connectivity index (χ0v) is 13.9. The van der Waals surface area contributed by atoms with Crippen LogP contribution in [0.25, 0.3) is 0 Å². The summed E-state index contributed by atoms with van der Waals surface area (Å²) in [6.45, 7) is 0.111. The van der Waals surface area contributed by atoms with Crippen LogP contribution in [-0.2, 0) is 11.3 Å². The lowest BCUT2D eigenvalue weighted by atomic mass is 10.2. The van der Waals surface area contributed by atoms with Crippen molar-refractivity contribution in [1.82, 2.24) is 16.2 Å². The molecule has 0 saturated heterocycles. The van der Waals surface area contributed by atoms with Crippen LogP contribution in [0.15, 0.2) is 48.5 Å². The molecule has 8 heteroatoms. The zero-order valence-electron chi connectivity index (χ0n) is 13.1. The molecule has 0 spiro atoms. The first-order chi connectivity index (χ1) is 12.1. The summed E-state index contributed by atoms with van der Waals surface area (Å²) in [4.78, 5) is 11.7. The molecule has 2 aromatic carbocycles.